The van der Waals surface area contributed by atoms with E-state index in [4.69, 9.17) is 9.47 Å². The molecule has 0 aliphatic heterocycles. The van der Waals surface area contributed by atoms with Crippen LogP contribution in [-0.4, -0.2) is 43.4 Å². The van der Waals surface area contributed by atoms with Gasteiger partial charge in [0, 0.05) is 30.9 Å². The zero-order valence-electron chi connectivity index (χ0n) is 14.7. The summed E-state index contributed by atoms with van der Waals surface area (Å²) in [7, 11) is 7.02. The number of anilines is 1. The molecule has 0 atom stereocenters. The zero-order valence-corrected chi connectivity index (χ0v) is 14.7. The molecule has 0 saturated heterocycles. The molecule has 0 aliphatic carbocycles. The minimum absolute atomic E-state index is 0.0206. The summed E-state index contributed by atoms with van der Waals surface area (Å²) in [5.41, 5.74) is 3.75. The molecule has 0 saturated carbocycles. The van der Waals surface area contributed by atoms with Gasteiger partial charge in [0.15, 0.2) is 11.5 Å². The van der Waals surface area contributed by atoms with E-state index in [-0.39, 0.29) is 5.75 Å². The molecule has 0 amide bonds. The highest BCUT2D eigenvalue weighted by Gasteiger charge is 2.14. The quantitative estimate of drug-likeness (QED) is 0.744. The van der Waals surface area contributed by atoms with Gasteiger partial charge >= 0.3 is 0 Å². The molecule has 1 aromatic heterocycles. The Hall–Kier alpha value is -3.15. The monoisotopic (exact) mass is 339 g/mol. The maximum atomic E-state index is 10.0. The van der Waals surface area contributed by atoms with Gasteiger partial charge in [0.1, 0.15) is 5.82 Å². The molecule has 0 aliphatic rings. The fourth-order valence-corrected chi connectivity index (χ4v) is 2.58. The summed E-state index contributed by atoms with van der Waals surface area (Å²) in [6, 6.07) is 11.6. The van der Waals surface area contributed by atoms with Crippen LogP contribution < -0.4 is 14.4 Å². The standard InChI is InChI=1S/C19H21N3O3/c1-22(2)14-7-5-12(6-8-14)19-20-11-15(21-19)13-9-16(24-3)18(23)17(10-13)25-4/h5-11,23H,1-4H3,(H,20,21). The lowest BCUT2D eigenvalue weighted by molar-refractivity contribution is 0.340. The molecule has 3 aromatic rings. The number of H-pyrrole nitrogens is 1. The van der Waals surface area contributed by atoms with Crippen molar-refractivity contribution in [2.75, 3.05) is 33.2 Å². The van der Waals surface area contributed by atoms with E-state index in [1.165, 1.54) is 14.2 Å². The van der Waals surface area contributed by atoms with E-state index in [9.17, 15) is 5.11 Å². The van der Waals surface area contributed by atoms with E-state index in [0.717, 1.165) is 28.3 Å². The number of phenols is 1. The van der Waals surface area contributed by atoms with Gasteiger partial charge in [-0.05, 0) is 36.4 Å². The summed E-state index contributed by atoms with van der Waals surface area (Å²) in [6.07, 6.45) is 1.75. The van der Waals surface area contributed by atoms with Crippen molar-refractivity contribution < 1.29 is 14.6 Å². The number of methoxy groups -OCH3 is 2. The number of benzene rings is 2. The normalized spacial score (nSPS) is 10.6. The molecule has 0 bridgehead atoms. The first-order valence-corrected chi connectivity index (χ1v) is 7.81. The number of hydrogen-bond acceptors (Lipinski definition) is 5. The number of phenolic OH excluding ortho intramolecular Hbond substituents is 1. The summed E-state index contributed by atoms with van der Waals surface area (Å²) in [6.45, 7) is 0. The van der Waals surface area contributed by atoms with Crippen molar-refractivity contribution in [2.45, 2.75) is 0 Å². The first-order valence-electron chi connectivity index (χ1n) is 7.81. The lowest BCUT2D eigenvalue weighted by atomic mass is 10.1. The van der Waals surface area contributed by atoms with E-state index in [0.29, 0.717) is 11.5 Å². The molecular formula is C19H21N3O3. The summed E-state index contributed by atoms with van der Waals surface area (Å²) < 4.78 is 10.4. The average molecular weight is 339 g/mol. The molecule has 6 heteroatoms. The SMILES string of the molecule is COc1cc(-c2cnc(-c3ccc(N(C)C)cc3)[nH]2)cc(OC)c1O. The van der Waals surface area contributed by atoms with Gasteiger partial charge in [0.2, 0.25) is 5.75 Å². The maximum Gasteiger partial charge on any atom is 0.200 e. The molecule has 25 heavy (non-hydrogen) atoms. The van der Waals surface area contributed by atoms with Crippen LogP contribution in [0.25, 0.3) is 22.6 Å². The van der Waals surface area contributed by atoms with Crippen LogP contribution in [0.1, 0.15) is 0 Å². The molecule has 2 aromatic carbocycles. The van der Waals surface area contributed by atoms with E-state index in [1.54, 1.807) is 18.3 Å². The third-order valence-electron chi connectivity index (χ3n) is 4.02. The van der Waals surface area contributed by atoms with Crippen molar-refractivity contribution >= 4 is 5.69 Å². The summed E-state index contributed by atoms with van der Waals surface area (Å²) in [5, 5.41) is 10.0. The van der Waals surface area contributed by atoms with Crippen LogP contribution in [-0.2, 0) is 0 Å². The second-order valence-corrected chi connectivity index (χ2v) is 5.82. The Labute approximate surface area is 146 Å². The smallest absolute Gasteiger partial charge is 0.200 e. The highest BCUT2D eigenvalue weighted by atomic mass is 16.5. The van der Waals surface area contributed by atoms with E-state index < -0.39 is 0 Å². The van der Waals surface area contributed by atoms with Gasteiger partial charge in [-0.2, -0.15) is 0 Å². The predicted octanol–water partition coefficient (Wildman–Crippen LogP) is 3.53. The van der Waals surface area contributed by atoms with Crippen molar-refractivity contribution in [3.05, 3.63) is 42.6 Å². The fourth-order valence-electron chi connectivity index (χ4n) is 2.58. The molecule has 3 rings (SSSR count). The first kappa shape index (κ1) is 16.7. The van der Waals surface area contributed by atoms with Gasteiger partial charge in [-0.1, -0.05) is 0 Å². The lowest BCUT2D eigenvalue weighted by Gasteiger charge is -2.12. The number of nitrogens with zero attached hydrogens (tertiary/aromatic N) is 2. The van der Waals surface area contributed by atoms with Gasteiger partial charge in [0.05, 0.1) is 26.1 Å². The first-order chi connectivity index (χ1) is 12.0. The molecule has 0 unspecified atom stereocenters. The Morgan fingerprint density at radius 3 is 2.08 bits per heavy atom. The molecule has 1 heterocycles. The number of rotatable bonds is 5. The van der Waals surface area contributed by atoms with Gasteiger partial charge in [-0.25, -0.2) is 4.98 Å². The highest BCUT2D eigenvalue weighted by molar-refractivity contribution is 5.70. The molecule has 0 radical (unpaired) electrons. The van der Waals surface area contributed by atoms with Crippen molar-refractivity contribution in [1.82, 2.24) is 9.97 Å². The number of aromatic amines is 1. The van der Waals surface area contributed by atoms with Crippen molar-refractivity contribution in [3.8, 4) is 39.9 Å². The number of nitrogens with one attached hydrogen (secondary N) is 1. The Bertz CT molecular complexity index is 845. The molecule has 6 nitrogen and oxygen atoms in total. The second kappa shape index (κ2) is 6.76. The van der Waals surface area contributed by atoms with Crippen LogP contribution in [0.15, 0.2) is 42.6 Å². The molecule has 130 valence electrons. The van der Waals surface area contributed by atoms with Crippen LogP contribution in [0, 0.1) is 0 Å². The molecule has 0 spiro atoms. The minimum atomic E-state index is -0.0206. The summed E-state index contributed by atoms with van der Waals surface area (Å²) >= 11 is 0. The number of aromatic nitrogens is 2. The summed E-state index contributed by atoms with van der Waals surface area (Å²) in [4.78, 5) is 9.80. The Morgan fingerprint density at radius 2 is 1.56 bits per heavy atom. The Balaban J connectivity index is 1.96. The van der Waals surface area contributed by atoms with Crippen LogP contribution in [0.4, 0.5) is 5.69 Å². The van der Waals surface area contributed by atoms with Gasteiger partial charge < -0.3 is 24.5 Å². The van der Waals surface area contributed by atoms with Crippen molar-refractivity contribution in [3.63, 3.8) is 0 Å². The van der Waals surface area contributed by atoms with Crippen molar-refractivity contribution in [2.24, 2.45) is 0 Å². The Kier molecular flexibility index (Phi) is 4.52. The van der Waals surface area contributed by atoms with Crippen LogP contribution in [0.3, 0.4) is 0 Å². The van der Waals surface area contributed by atoms with Gasteiger partial charge in [0.25, 0.3) is 0 Å². The van der Waals surface area contributed by atoms with Crippen LogP contribution in [0.5, 0.6) is 17.2 Å². The topological polar surface area (TPSA) is 70.6 Å². The third kappa shape index (κ3) is 3.24. The van der Waals surface area contributed by atoms with Crippen LogP contribution >= 0.6 is 0 Å². The second-order valence-electron chi connectivity index (χ2n) is 5.82. The number of aromatic hydroxyl groups is 1. The summed E-state index contributed by atoms with van der Waals surface area (Å²) in [5.74, 6) is 1.45. The van der Waals surface area contributed by atoms with Gasteiger partial charge in [-0.3, -0.25) is 0 Å². The fraction of sp³-hybridized carbons (Fsp3) is 0.211. The number of imidazole rings is 1. The molecule has 0 fully saturated rings. The zero-order chi connectivity index (χ0) is 18.0. The maximum absolute atomic E-state index is 10.0. The van der Waals surface area contributed by atoms with E-state index in [2.05, 4.69) is 9.97 Å². The molecular weight excluding hydrogens is 318 g/mol. The van der Waals surface area contributed by atoms with E-state index in [1.807, 2.05) is 43.3 Å². The largest absolute Gasteiger partial charge is 0.502 e. The lowest BCUT2D eigenvalue weighted by Crippen LogP contribution is -2.07. The average Bonchev–Trinajstić information content (AvgIpc) is 3.12. The molecule has 2 N–H and O–H groups in total. The predicted molar refractivity (Wildman–Crippen MR) is 98.6 cm³/mol. The number of ether oxygens (including phenoxy) is 2. The van der Waals surface area contributed by atoms with Gasteiger partial charge in [-0.15, -0.1) is 0 Å². The highest BCUT2D eigenvalue weighted by Crippen LogP contribution is 2.40. The minimum Gasteiger partial charge on any atom is -0.502 e. The number of hydrogen-bond donors (Lipinski definition) is 2. The van der Waals surface area contributed by atoms with Crippen LogP contribution in [0.2, 0.25) is 0 Å². The Morgan fingerprint density at radius 1 is 0.960 bits per heavy atom. The third-order valence-corrected chi connectivity index (χ3v) is 4.02. The van der Waals surface area contributed by atoms with Crippen molar-refractivity contribution in [1.29, 1.82) is 0 Å². The van der Waals surface area contributed by atoms with E-state index >= 15 is 0 Å².